The molecule has 0 N–H and O–H groups in total. The Morgan fingerprint density at radius 2 is 0.956 bits per heavy atom. The molecule has 1 heterocycles. The second-order valence-electron chi connectivity index (χ2n) is 12.2. The zero-order chi connectivity index (χ0) is 30.0. The van der Waals surface area contributed by atoms with Gasteiger partial charge in [0.05, 0.1) is 0 Å². The maximum absolute atomic E-state index is 11.6. The van der Waals surface area contributed by atoms with Crippen LogP contribution in [0.25, 0.3) is 16.9 Å². The predicted octanol–water partition coefficient (Wildman–Crippen LogP) is 13.2. The minimum Gasteiger partial charge on any atom is -0.493 e. The first kappa shape index (κ1) is 42.6. The van der Waals surface area contributed by atoms with Crippen molar-refractivity contribution < 1.29 is 21.2 Å². The topological polar surface area (TPSA) is 25.3 Å². The fourth-order valence-corrected chi connectivity index (χ4v) is 5.92. The van der Waals surface area contributed by atoms with E-state index < -0.39 is 0 Å². The molecular weight excluding hydrogens is 591 g/mol. The van der Waals surface area contributed by atoms with Crippen LogP contribution in [0, 0.1) is 26.7 Å². The molecule has 1 aliphatic heterocycles. The number of benzene rings is 2. The standard InChI is InChI=1S/C40H56N2.2CH3.Ni/c1-5-8-11-14-17-19-22-34-25-29-36(30-26-34)39-33(4)38(24-21-16-13-10-7-3)40(42(39)41)37-31-27-35(28-32-37)23-20-18-15-12-9-6-2;;;/h25-32H,5-20,22-23H2,1-4H3;2*1H3;/q;2*-1;+2. The van der Waals surface area contributed by atoms with Gasteiger partial charge in [0, 0.05) is 23.1 Å². The molecule has 0 fully saturated rings. The predicted molar refractivity (Wildman–Crippen MR) is 195 cm³/mol. The van der Waals surface area contributed by atoms with E-state index in [9.17, 15) is 5.53 Å². The Bertz CT molecular complexity index is 1220. The van der Waals surface area contributed by atoms with E-state index in [1.54, 1.807) is 0 Å². The molecule has 0 aromatic heterocycles. The van der Waals surface area contributed by atoms with Crippen LogP contribution in [0.15, 0.2) is 59.7 Å². The fraction of sp³-hybridized carbons (Fsp3) is 0.524. The van der Waals surface area contributed by atoms with Gasteiger partial charge in [-0.3, -0.25) is 0 Å². The number of allylic oxidation sites excluding steroid dienone is 2. The van der Waals surface area contributed by atoms with Crippen LogP contribution in [-0.2, 0) is 29.3 Å². The zero-order valence-corrected chi connectivity index (χ0v) is 30.5. The summed E-state index contributed by atoms with van der Waals surface area (Å²) in [5.41, 5.74) is 20.1. The van der Waals surface area contributed by atoms with Gasteiger partial charge in [0.1, 0.15) is 5.57 Å². The van der Waals surface area contributed by atoms with E-state index in [0.29, 0.717) is 0 Å². The van der Waals surface area contributed by atoms with Crippen LogP contribution >= 0.6 is 0 Å². The van der Waals surface area contributed by atoms with Crippen LogP contribution < -0.4 is 0 Å². The molecule has 250 valence electrons. The van der Waals surface area contributed by atoms with Crippen LogP contribution in [0.1, 0.15) is 153 Å². The Hall–Kier alpha value is -2.43. The number of rotatable bonds is 19. The minimum absolute atomic E-state index is 0. The average Bonchev–Trinajstić information content (AvgIpc) is 3.25. The van der Waals surface area contributed by atoms with Crippen molar-refractivity contribution in [2.24, 2.45) is 0 Å². The van der Waals surface area contributed by atoms with Gasteiger partial charge in [-0.15, -0.1) is 0 Å². The van der Waals surface area contributed by atoms with Crippen molar-refractivity contribution in [3.05, 3.63) is 102 Å². The third kappa shape index (κ3) is 13.8. The van der Waals surface area contributed by atoms with Gasteiger partial charge in [-0.1, -0.05) is 134 Å². The Kier molecular flexibility index (Phi) is 23.4. The summed E-state index contributed by atoms with van der Waals surface area (Å²) in [6.45, 7) is 8.87. The normalized spacial score (nSPS) is 12.3. The summed E-state index contributed by atoms with van der Waals surface area (Å²) in [5, 5.41) is 0. The van der Waals surface area contributed by atoms with Crippen molar-refractivity contribution in [3.8, 4) is 11.8 Å². The van der Waals surface area contributed by atoms with Gasteiger partial charge >= 0.3 is 16.5 Å². The van der Waals surface area contributed by atoms with Crippen LogP contribution in [0.4, 0.5) is 0 Å². The maximum Gasteiger partial charge on any atom is 2.00 e. The molecule has 1 aliphatic rings. The van der Waals surface area contributed by atoms with Gasteiger partial charge in [0.15, 0.2) is 0 Å². The molecule has 2 aromatic carbocycles. The van der Waals surface area contributed by atoms with Gasteiger partial charge in [-0.05, 0) is 74.4 Å². The number of unbranched alkanes of at least 4 members (excludes halogenated alkanes) is 13. The summed E-state index contributed by atoms with van der Waals surface area (Å²) in [5.74, 6) is 6.89. The fourth-order valence-electron chi connectivity index (χ4n) is 5.92. The summed E-state index contributed by atoms with van der Waals surface area (Å²) in [7, 11) is 0. The van der Waals surface area contributed by atoms with Crippen molar-refractivity contribution in [2.45, 2.75) is 143 Å². The Labute approximate surface area is 289 Å². The Morgan fingerprint density at radius 3 is 1.42 bits per heavy atom. The summed E-state index contributed by atoms with van der Waals surface area (Å²) in [6.07, 6.45) is 22.4. The first-order valence-corrected chi connectivity index (χ1v) is 17.2. The Balaban J connectivity index is 0.00000645. The second kappa shape index (κ2) is 24.8. The minimum atomic E-state index is 0. The first-order chi connectivity index (χ1) is 20.6. The smallest absolute Gasteiger partial charge is 0.493 e. The molecule has 0 amide bonds. The van der Waals surface area contributed by atoms with Crippen molar-refractivity contribution in [3.63, 3.8) is 0 Å². The van der Waals surface area contributed by atoms with Crippen LogP contribution in [0.3, 0.4) is 0 Å². The van der Waals surface area contributed by atoms with Crippen LogP contribution in [0.2, 0.25) is 0 Å². The summed E-state index contributed by atoms with van der Waals surface area (Å²) in [6, 6.07) is 17.6. The largest absolute Gasteiger partial charge is 2.00 e. The molecule has 0 spiro atoms. The maximum atomic E-state index is 11.6. The van der Waals surface area contributed by atoms with Crippen molar-refractivity contribution >= 4 is 11.4 Å². The molecule has 45 heavy (non-hydrogen) atoms. The second-order valence-corrected chi connectivity index (χ2v) is 12.2. The van der Waals surface area contributed by atoms with Gasteiger partial charge in [-0.25, -0.2) is 4.70 Å². The van der Waals surface area contributed by atoms with E-state index in [2.05, 4.69) is 88.1 Å². The van der Waals surface area contributed by atoms with Gasteiger partial charge in [0.25, 0.3) is 0 Å². The summed E-state index contributed by atoms with van der Waals surface area (Å²) >= 11 is 0. The molecule has 3 heteroatoms. The molecule has 3 rings (SSSR count). The average molecular weight is 654 g/mol. The molecule has 2 aromatic rings. The molecular formula is C42H62N2Ni. The SMILES string of the molecule is CCCCCC#CC1=C(c2ccc(CCCCCCCC)cc2)[N+](=[N-])C(c2ccc(CCCCCCCC)cc2)=C1C.[CH3-].[CH3-].[Ni+2]. The summed E-state index contributed by atoms with van der Waals surface area (Å²) in [4.78, 5) is 0. The van der Waals surface area contributed by atoms with Crippen molar-refractivity contribution in [1.29, 1.82) is 0 Å². The van der Waals surface area contributed by atoms with Gasteiger partial charge in [-0.2, -0.15) is 0 Å². The van der Waals surface area contributed by atoms with Gasteiger partial charge < -0.3 is 20.4 Å². The molecule has 0 atom stereocenters. The third-order valence-corrected chi connectivity index (χ3v) is 8.60. The molecule has 0 saturated carbocycles. The van der Waals surface area contributed by atoms with Crippen LogP contribution in [0.5, 0.6) is 0 Å². The molecule has 0 aliphatic carbocycles. The zero-order valence-electron chi connectivity index (χ0n) is 29.6. The Morgan fingerprint density at radius 1 is 0.556 bits per heavy atom. The van der Waals surface area contributed by atoms with Crippen molar-refractivity contribution in [1.82, 2.24) is 0 Å². The molecule has 0 radical (unpaired) electrons. The number of nitrogens with zero attached hydrogens (tertiary/aromatic N) is 2. The number of aryl methyl sites for hydroxylation is 2. The van der Waals surface area contributed by atoms with E-state index in [-0.39, 0.29) is 31.3 Å². The van der Waals surface area contributed by atoms with E-state index in [0.717, 1.165) is 59.4 Å². The quantitative estimate of drug-likeness (QED) is 0.0474. The van der Waals surface area contributed by atoms with E-state index >= 15 is 0 Å². The van der Waals surface area contributed by atoms with Crippen molar-refractivity contribution in [2.75, 3.05) is 0 Å². The molecule has 2 nitrogen and oxygen atoms in total. The number of hydrogen-bond acceptors (Lipinski definition) is 0. The molecule has 0 unspecified atom stereocenters. The first-order valence-electron chi connectivity index (χ1n) is 17.2. The third-order valence-electron chi connectivity index (χ3n) is 8.60. The monoisotopic (exact) mass is 652 g/mol. The number of hydrogen-bond donors (Lipinski definition) is 0. The van der Waals surface area contributed by atoms with E-state index in [4.69, 9.17) is 0 Å². The molecule has 0 saturated heterocycles. The van der Waals surface area contributed by atoms with Gasteiger partial charge in [0.2, 0.25) is 11.4 Å². The van der Waals surface area contributed by atoms with Crippen LogP contribution in [-0.4, -0.2) is 4.70 Å². The molecule has 0 bridgehead atoms. The van der Waals surface area contributed by atoms with E-state index in [1.807, 2.05) is 0 Å². The summed E-state index contributed by atoms with van der Waals surface area (Å²) < 4.78 is 1.40. The van der Waals surface area contributed by atoms with E-state index in [1.165, 1.54) is 106 Å².